The van der Waals surface area contributed by atoms with Gasteiger partial charge in [0.25, 0.3) is 0 Å². The van der Waals surface area contributed by atoms with Crippen molar-refractivity contribution < 1.29 is 24.3 Å². The molecule has 3 N–H and O–H groups in total. The van der Waals surface area contributed by atoms with Crippen LogP contribution in [0.4, 0.5) is 5.69 Å². The van der Waals surface area contributed by atoms with Gasteiger partial charge in [-0.3, -0.25) is 9.59 Å². The first-order valence-corrected chi connectivity index (χ1v) is 7.49. The molecule has 0 aliphatic rings. The molecule has 10 heteroatoms. The summed E-state index contributed by atoms with van der Waals surface area (Å²) < 4.78 is 4.66. The molecule has 0 saturated carbocycles. The van der Waals surface area contributed by atoms with E-state index >= 15 is 0 Å². The molecule has 9 nitrogen and oxygen atoms in total. The van der Waals surface area contributed by atoms with Crippen molar-refractivity contribution in [1.82, 2.24) is 5.43 Å². The fraction of sp³-hybridized carbons (Fsp3) is 0.267. The molecule has 0 aliphatic carbocycles. The molecule has 0 saturated heterocycles. The Bertz CT molecular complexity index is 745. The number of ether oxygens (including phenoxy) is 1. The Balaban J connectivity index is 2.76. The summed E-state index contributed by atoms with van der Waals surface area (Å²) in [6.07, 6.45) is 0. The summed E-state index contributed by atoms with van der Waals surface area (Å²) in [6.45, 7) is 4.62. The van der Waals surface area contributed by atoms with Gasteiger partial charge in [0.15, 0.2) is 0 Å². The van der Waals surface area contributed by atoms with Crippen LogP contribution in [0.3, 0.4) is 0 Å². The monoisotopic (exact) mass is 368 g/mol. The Hall–Kier alpha value is -2.94. The zero-order valence-corrected chi connectivity index (χ0v) is 14.5. The molecule has 134 valence electrons. The van der Waals surface area contributed by atoms with Gasteiger partial charge in [0.2, 0.25) is 5.71 Å². The summed E-state index contributed by atoms with van der Waals surface area (Å²) in [5.41, 5.74) is 2.29. The van der Waals surface area contributed by atoms with Gasteiger partial charge >= 0.3 is 17.8 Å². The summed E-state index contributed by atoms with van der Waals surface area (Å²) in [6, 6.07) is 4.85. The number of carbonyl (C=O) groups is 3. The standard InChI is InChI=1S/C15H17ClN4O5/c1-4-25-15(23)12(20-24)9(3)18-19-14(22)13(21)17-11-7-5-6-10(16)8(11)2/h5-7,24H,4H2,1-3H3,(H,17,21)(H,19,22)/b18-9+,20-12-. The van der Waals surface area contributed by atoms with Crippen molar-refractivity contribution >= 4 is 46.5 Å². The maximum absolute atomic E-state index is 11.9. The first-order valence-electron chi connectivity index (χ1n) is 7.12. The summed E-state index contributed by atoms with van der Waals surface area (Å²) in [5, 5.41) is 17.9. The van der Waals surface area contributed by atoms with Gasteiger partial charge in [0.1, 0.15) is 0 Å². The van der Waals surface area contributed by atoms with Gasteiger partial charge in [0, 0.05) is 10.7 Å². The highest BCUT2D eigenvalue weighted by atomic mass is 35.5. The Morgan fingerprint density at radius 3 is 2.56 bits per heavy atom. The topological polar surface area (TPSA) is 129 Å². The number of hydrazone groups is 1. The van der Waals surface area contributed by atoms with Crippen LogP contribution in [0.2, 0.25) is 5.02 Å². The number of benzene rings is 1. The van der Waals surface area contributed by atoms with Crippen molar-refractivity contribution in [1.29, 1.82) is 0 Å². The fourth-order valence-electron chi connectivity index (χ4n) is 1.62. The Morgan fingerprint density at radius 2 is 1.96 bits per heavy atom. The third kappa shape index (κ3) is 5.57. The average Bonchev–Trinajstić information content (AvgIpc) is 2.57. The number of nitrogens with one attached hydrogen (secondary N) is 2. The molecular weight excluding hydrogens is 352 g/mol. The summed E-state index contributed by atoms with van der Waals surface area (Å²) in [5.74, 6) is -2.99. The predicted molar refractivity (Wildman–Crippen MR) is 91.9 cm³/mol. The van der Waals surface area contributed by atoms with Gasteiger partial charge in [-0.2, -0.15) is 5.10 Å². The molecule has 0 heterocycles. The van der Waals surface area contributed by atoms with E-state index in [9.17, 15) is 14.4 Å². The summed E-state index contributed by atoms with van der Waals surface area (Å²) >= 11 is 5.93. The molecule has 1 aromatic carbocycles. The smallest absolute Gasteiger partial charge is 0.362 e. The van der Waals surface area contributed by atoms with Crippen LogP contribution >= 0.6 is 11.6 Å². The fourth-order valence-corrected chi connectivity index (χ4v) is 1.80. The van der Waals surface area contributed by atoms with E-state index in [1.807, 2.05) is 5.43 Å². The van der Waals surface area contributed by atoms with Crippen LogP contribution in [0, 0.1) is 6.92 Å². The Morgan fingerprint density at radius 1 is 1.28 bits per heavy atom. The third-order valence-corrected chi connectivity index (χ3v) is 3.37. The number of hydrogen-bond acceptors (Lipinski definition) is 7. The molecule has 2 amide bonds. The first-order chi connectivity index (χ1) is 11.8. The van der Waals surface area contributed by atoms with Crippen LogP contribution in [0.25, 0.3) is 0 Å². The van der Waals surface area contributed by atoms with Crippen molar-refractivity contribution in [3.8, 4) is 0 Å². The van der Waals surface area contributed by atoms with E-state index in [0.29, 0.717) is 16.3 Å². The zero-order valence-electron chi connectivity index (χ0n) is 13.8. The van der Waals surface area contributed by atoms with Crippen molar-refractivity contribution in [3.05, 3.63) is 28.8 Å². The van der Waals surface area contributed by atoms with E-state index in [1.165, 1.54) is 6.92 Å². The molecular formula is C15H17ClN4O5. The van der Waals surface area contributed by atoms with Crippen LogP contribution in [-0.2, 0) is 19.1 Å². The van der Waals surface area contributed by atoms with Gasteiger partial charge in [-0.1, -0.05) is 22.8 Å². The lowest BCUT2D eigenvalue weighted by Gasteiger charge is -2.08. The molecule has 1 rings (SSSR count). The molecule has 0 aromatic heterocycles. The minimum atomic E-state index is -1.08. The van der Waals surface area contributed by atoms with E-state index < -0.39 is 23.5 Å². The highest BCUT2D eigenvalue weighted by molar-refractivity contribution is 6.65. The number of hydrogen-bond donors (Lipinski definition) is 3. The second-order valence-electron chi connectivity index (χ2n) is 4.67. The Labute approximate surface area is 148 Å². The van der Waals surface area contributed by atoms with E-state index in [2.05, 4.69) is 20.3 Å². The zero-order chi connectivity index (χ0) is 19.0. The third-order valence-electron chi connectivity index (χ3n) is 2.96. The minimum Gasteiger partial charge on any atom is -0.461 e. The van der Waals surface area contributed by atoms with Gasteiger partial charge in [0.05, 0.1) is 12.3 Å². The molecule has 1 aromatic rings. The molecule has 0 radical (unpaired) electrons. The van der Waals surface area contributed by atoms with Crippen LogP contribution in [0.5, 0.6) is 0 Å². The molecule has 0 fully saturated rings. The van der Waals surface area contributed by atoms with Crippen LogP contribution in [0.1, 0.15) is 19.4 Å². The highest BCUT2D eigenvalue weighted by Crippen LogP contribution is 2.22. The van der Waals surface area contributed by atoms with Crippen molar-refractivity contribution in [3.63, 3.8) is 0 Å². The van der Waals surface area contributed by atoms with Crippen LogP contribution in [0.15, 0.2) is 28.5 Å². The molecule has 0 spiro atoms. The van der Waals surface area contributed by atoms with Crippen molar-refractivity contribution in [2.75, 3.05) is 11.9 Å². The van der Waals surface area contributed by atoms with Crippen molar-refractivity contribution in [2.45, 2.75) is 20.8 Å². The summed E-state index contributed by atoms with van der Waals surface area (Å²) in [4.78, 5) is 35.1. The number of halogens is 1. The average molecular weight is 369 g/mol. The lowest BCUT2D eigenvalue weighted by molar-refractivity contribution is -0.136. The predicted octanol–water partition coefficient (Wildman–Crippen LogP) is 1.47. The number of carbonyl (C=O) groups excluding carboxylic acids is 3. The number of nitrogens with zero attached hydrogens (tertiary/aromatic N) is 2. The molecule has 0 atom stereocenters. The number of anilines is 1. The number of amides is 2. The maximum atomic E-state index is 11.9. The summed E-state index contributed by atoms with van der Waals surface area (Å²) in [7, 11) is 0. The second-order valence-corrected chi connectivity index (χ2v) is 5.08. The normalized spacial score (nSPS) is 11.7. The molecule has 0 bridgehead atoms. The lowest BCUT2D eigenvalue weighted by Crippen LogP contribution is -2.34. The van der Waals surface area contributed by atoms with E-state index in [4.69, 9.17) is 16.8 Å². The van der Waals surface area contributed by atoms with Gasteiger partial charge < -0.3 is 15.3 Å². The van der Waals surface area contributed by atoms with E-state index in [-0.39, 0.29) is 12.3 Å². The van der Waals surface area contributed by atoms with Crippen LogP contribution < -0.4 is 10.7 Å². The van der Waals surface area contributed by atoms with Crippen molar-refractivity contribution in [2.24, 2.45) is 10.3 Å². The number of esters is 1. The lowest BCUT2D eigenvalue weighted by atomic mass is 10.2. The second kappa shape index (κ2) is 9.38. The highest BCUT2D eigenvalue weighted by Gasteiger charge is 2.19. The maximum Gasteiger partial charge on any atom is 0.362 e. The SMILES string of the molecule is CCOC(=O)C(=N\O)/C(C)=N/NC(=O)C(=O)Nc1cccc(Cl)c1C. The van der Waals surface area contributed by atoms with E-state index in [0.717, 1.165) is 0 Å². The largest absolute Gasteiger partial charge is 0.461 e. The molecule has 0 aliphatic heterocycles. The minimum absolute atomic E-state index is 0.0683. The van der Waals surface area contributed by atoms with Gasteiger partial charge in [-0.05, 0) is 38.5 Å². The number of oxime groups is 1. The first kappa shape index (κ1) is 20.1. The molecule has 0 unspecified atom stereocenters. The number of rotatable bonds is 5. The quantitative estimate of drug-likeness (QED) is 0.238. The van der Waals surface area contributed by atoms with E-state index in [1.54, 1.807) is 32.0 Å². The van der Waals surface area contributed by atoms with Gasteiger partial charge in [-0.15, -0.1) is 0 Å². The van der Waals surface area contributed by atoms with Gasteiger partial charge in [-0.25, -0.2) is 10.2 Å². The Kier molecular flexibility index (Phi) is 7.54. The van der Waals surface area contributed by atoms with Crippen LogP contribution in [-0.4, -0.2) is 41.0 Å². The molecule has 25 heavy (non-hydrogen) atoms.